The fraction of sp³-hybridized carbons (Fsp3) is 0.957. The number of carbonyl (C=O) groups is 2. The SMILES string of the molecule is CCCCCCCCCCCC(CCCCCCCCCCC)N(C(=O)CCCCCCCCC)C(C(=O)NC(C)(C)C)C1CCN(CC)CC1. The van der Waals surface area contributed by atoms with E-state index < -0.39 is 0 Å². The van der Waals surface area contributed by atoms with Gasteiger partial charge in [0.1, 0.15) is 6.04 Å². The Morgan fingerprint density at radius 3 is 1.33 bits per heavy atom. The number of rotatable bonds is 33. The summed E-state index contributed by atoms with van der Waals surface area (Å²) in [6, 6.07) is -0.196. The molecule has 302 valence electrons. The Balaban J connectivity index is 3.19. The molecule has 51 heavy (non-hydrogen) atoms. The number of likely N-dealkylation sites (tertiary alicyclic amines) is 1. The van der Waals surface area contributed by atoms with E-state index in [1.165, 1.54) is 148 Å². The molecule has 5 nitrogen and oxygen atoms in total. The summed E-state index contributed by atoms with van der Waals surface area (Å²) in [5.74, 6) is 0.573. The van der Waals surface area contributed by atoms with Crippen LogP contribution in [0.1, 0.15) is 241 Å². The summed E-state index contributed by atoms with van der Waals surface area (Å²) in [4.78, 5) is 33.9. The molecule has 0 aromatic heterocycles. The molecule has 1 fully saturated rings. The second kappa shape index (κ2) is 31.3. The smallest absolute Gasteiger partial charge is 0.243 e. The number of amides is 2. The number of piperidine rings is 1. The summed E-state index contributed by atoms with van der Waals surface area (Å²) in [7, 11) is 0. The van der Waals surface area contributed by atoms with E-state index in [0.717, 1.165) is 58.2 Å². The molecule has 0 bridgehead atoms. The summed E-state index contributed by atoms with van der Waals surface area (Å²) in [5.41, 5.74) is -0.323. The lowest BCUT2D eigenvalue weighted by Crippen LogP contribution is -2.60. The van der Waals surface area contributed by atoms with Crippen LogP contribution in [0.2, 0.25) is 0 Å². The van der Waals surface area contributed by atoms with Crippen molar-refractivity contribution in [3.8, 4) is 0 Å². The Morgan fingerprint density at radius 1 is 0.588 bits per heavy atom. The van der Waals surface area contributed by atoms with Gasteiger partial charge in [0.05, 0.1) is 0 Å². The Labute approximate surface area is 320 Å². The lowest BCUT2D eigenvalue weighted by molar-refractivity contribution is -0.148. The van der Waals surface area contributed by atoms with Crippen molar-refractivity contribution in [1.29, 1.82) is 0 Å². The van der Waals surface area contributed by atoms with Crippen LogP contribution < -0.4 is 5.32 Å². The van der Waals surface area contributed by atoms with E-state index in [0.29, 0.717) is 6.42 Å². The average molecular weight is 718 g/mol. The topological polar surface area (TPSA) is 52.7 Å². The van der Waals surface area contributed by atoms with Gasteiger partial charge in [-0.25, -0.2) is 0 Å². The van der Waals surface area contributed by atoms with Crippen LogP contribution in [-0.4, -0.2) is 58.9 Å². The molecule has 1 unspecified atom stereocenters. The zero-order valence-electron chi connectivity index (χ0n) is 35.8. The normalized spacial score (nSPS) is 15.1. The van der Waals surface area contributed by atoms with E-state index in [4.69, 9.17) is 0 Å². The Morgan fingerprint density at radius 2 is 0.961 bits per heavy atom. The van der Waals surface area contributed by atoms with Crippen LogP contribution in [0.25, 0.3) is 0 Å². The van der Waals surface area contributed by atoms with Gasteiger partial charge >= 0.3 is 0 Å². The first-order valence-corrected chi connectivity index (χ1v) is 23.0. The quantitative estimate of drug-likeness (QED) is 0.0688. The van der Waals surface area contributed by atoms with Crippen molar-refractivity contribution in [2.45, 2.75) is 259 Å². The molecule has 1 N–H and O–H groups in total. The minimum Gasteiger partial charge on any atom is -0.350 e. The summed E-state index contributed by atoms with van der Waals surface area (Å²) >= 11 is 0. The van der Waals surface area contributed by atoms with Crippen molar-refractivity contribution in [1.82, 2.24) is 15.1 Å². The number of nitrogens with one attached hydrogen (secondary N) is 1. The molecule has 0 aromatic carbocycles. The molecule has 1 atom stereocenters. The Kier molecular flexibility index (Phi) is 29.4. The van der Waals surface area contributed by atoms with Gasteiger partial charge in [0.2, 0.25) is 11.8 Å². The summed E-state index contributed by atoms with van der Waals surface area (Å²) in [6.45, 7) is 18.5. The van der Waals surface area contributed by atoms with Gasteiger partial charge in [0.25, 0.3) is 0 Å². The molecule has 0 spiro atoms. The summed E-state index contributed by atoms with van der Waals surface area (Å²) in [5, 5.41) is 3.39. The standard InChI is InChI=1S/C46H91N3O2/c1-8-12-15-18-21-23-26-28-31-34-42(35-32-29-27-24-22-19-16-13-9-2)49(43(50)36-33-30-25-20-17-14-10-3)44(45(51)47-46(5,6)7)41-37-39-48(11-4)40-38-41/h41-42,44H,8-40H2,1-7H3,(H,47,51). The van der Waals surface area contributed by atoms with E-state index in [1.807, 2.05) is 0 Å². The molecule has 0 radical (unpaired) electrons. The first-order valence-electron chi connectivity index (χ1n) is 23.0. The number of carbonyl (C=O) groups excluding carboxylic acids is 2. The van der Waals surface area contributed by atoms with E-state index in [2.05, 4.69) is 63.6 Å². The van der Waals surface area contributed by atoms with Crippen LogP contribution in [0.15, 0.2) is 0 Å². The number of unbranched alkanes of at least 4 members (excludes halogenated alkanes) is 22. The van der Waals surface area contributed by atoms with Crippen LogP contribution >= 0.6 is 0 Å². The lowest BCUT2D eigenvalue weighted by Gasteiger charge is -2.45. The van der Waals surface area contributed by atoms with Gasteiger partial charge in [-0.3, -0.25) is 9.59 Å². The van der Waals surface area contributed by atoms with Crippen LogP contribution in [0.3, 0.4) is 0 Å². The van der Waals surface area contributed by atoms with Gasteiger partial charge in [0.15, 0.2) is 0 Å². The maximum Gasteiger partial charge on any atom is 0.243 e. The molecular weight excluding hydrogens is 627 g/mol. The third-order valence-electron chi connectivity index (χ3n) is 11.5. The summed E-state index contributed by atoms with van der Waals surface area (Å²) in [6.07, 6.45) is 36.8. The maximum atomic E-state index is 14.7. The van der Waals surface area contributed by atoms with E-state index >= 15 is 0 Å². The average Bonchev–Trinajstić information content (AvgIpc) is 3.10. The van der Waals surface area contributed by atoms with Gasteiger partial charge in [-0.15, -0.1) is 0 Å². The Bertz CT molecular complexity index is 794. The van der Waals surface area contributed by atoms with Crippen molar-refractivity contribution >= 4 is 11.8 Å². The summed E-state index contributed by atoms with van der Waals surface area (Å²) < 4.78 is 0. The van der Waals surface area contributed by atoms with Gasteiger partial charge in [0, 0.05) is 18.0 Å². The van der Waals surface area contributed by atoms with Crippen LogP contribution in [0.4, 0.5) is 0 Å². The molecule has 2 amide bonds. The van der Waals surface area contributed by atoms with E-state index in [-0.39, 0.29) is 35.4 Å². The van der Waals surface area contributed by atoms with Crippen molar-refractivity contribution in [2.24, 2.45) is 5.92 Å². The Hall–Kier alpha value is -1.10. The lowest BCUT2D eigenvalue weighted by atomic mass is 9.85. The highest BCUT2D eigenvalue weighted by Crippen LogP contribution is 2.31. The highest BCUT2D eigenvalue weighted by Gasteiger charge is 2.41. The van der Waals surface area contributed by atoms with Crippen molar-refractivity contribution in [3.63, 3.8) is 0 Å². The predicted molar refractivity (Wildman–Crippen MR) is 223 cm³/mol. The van der Waals surface area contributed by atoms with Crippen LogP contribution in [0, 0.1) is 5.92 Å². The number of hydrogen-bond donors (Lipinski definition) is 1. The van der Waals surface area contributed by atoms with Gasteiger partial charge < -0.3 is 15.1 Å². The molecule has 1 aliphatic heterocycles. The van der Waals surface area contributed by atoms with Crippen LogP contribution in [-0.2, 0) is 9.59 Å². The van der Waals surface area contributed by atoms with Gasteiger partial charge in [-0.2, -0.15) is 0 Å². The molecule has 1 rings (SSSR count). The van der Waals surface area contributed by atoms with Crippen molar-refractivity contribution < 1.29 is 9.59 Å². The van der Waals surface area contributed by atoms with Gasteiger partial charge in [-0.05, 0) is 78.4 Å². The molecule has 1 aliphatic rings. The second-order valence-corrected chi connectivity index (χ2v) is 17.5. The largest absolute Gasteiger partial charge is 0.350 e. The third kappa shape index (κ3) is 24.0. The monoisotopic (exact) mass is 718 g/mol. The molecule has 0 aromatic rings. The predicted octanol–water partition coefficient (Wildman–Crippen LogP) is 13.2. The van der Waals surface area contributed by atoms with E-state index in [1.54, 1.807) is 0 Å². The van der Waals surface area contributed by atoms with Crippen LogP contribution in [0.5, 0.6) is 0 Å². The van der Waals surface area contributed by atoms with Crippen molar-refractivity contribution in [2.75, 3.05) is 19.6 Å². The highest BCUT2D eigenvalue weighted by atomic mass is 16.2. The highest BCUT2D eigenvalue weighted by molar-refractivity contribution is 5.88. The first kappa shape index (κ1) is 47.9. The molecule has 1 heterocycles. The number of nitrogens with zero attached hydrogens (tertiary/aromatic N) is 2. The fourth-order valence-electron chi connectivity index (χ4n) is 8.35. The maximum absolute atomic E-state index is 14.7. The fourth-order valence-corrected chi connectivity index (χ4v) is 8.35. The van der Waals surface area contributed by atoms with E-state index in [9.17, 15) is 9.59 Å². The first-order chi connectivity index (χ1) is 24.7. The third-order valence-corrected chi connectivity index (χ3v) is 11.5. The van der Waals surface area contributed by atoms with Gasteiger partial charge in [-0.1, -0.05) is 182 Å². The minimum absolute atomic E-state index is 0.0922. The molecule has 0 aliphatic carbocycles. The molecule has 1 saturated heterocycles. The molecular formula is C46H91N3O2. The molecule has 0 saturated carbocycles. The second-order valence-electron chi connectivity index (χ2n) is 17.5. The number of hydrogen-bond acceptors (Lipinski definition) is 3. The zero-order chi connectivity index (χ0) is 37.6. The van der Waals surface area contributed by atoms with Crippen molar-refractivity contribution in [3.05, 3.63) is 0 Å². The minimum atomic E-state index is -0.359. The molecule has 5 heteroatoms. The zero-order valence-corrected chi connectivity index (χ0v) is 35.8.